The van der Waals surface area contributed by atoms with E-state index in [1.165, 1.54) is 37.8 Å². The zero-order chi connectivity index (χ0) is 13.3. The zero-order valence-corrected chi connectivity index (χ0v) is 12.3. The van der Waals surface area contributed by atoms with Gasteiger partial charge in [0.1, 0.15) is 0 Å². The third-order valence-electron chi connectivity index (χ3n) is 4.32. The molecule has 1 aliphatic rings. The average Bonchev–Trinajstić information content (AvgIpc) is 2.65. The van der Waals surface area contributed by atoms with Crippen molar-refractivity contribution in [1.82, 2.24) is 4.57 Å². The summed E-state index contributed by atoms with van der Waals surface area (Å²) in [5.74, 6) is 0.108. The molecule has 0 amide bonds. The maximum Gasteiger partial charge on any atom is 0.179 e. The van der Waals surface area contributed by atoms with Gasteiger partial charge in [-0.2, -0.15) is 0 Å². The summed E-state index contributed by atoms with van der Waals surface area (Å²) in [6.07, 6.45) is 6.32. The van der Waals surface area contributed by atoms with Gasteiger partial charge in [0.25, 0.3) is 0 Å². The quantitative estimate of drug-likeness (QED) is 0.594. The third-order valence-corrected chi connectivity index (χ3v) is 4.57. The van der Waals surface area contributed by atoms with E-state index >= 15 is 0 Å². The van der Waals surface area contributed by atoms with E-state index in [0.717, 1.165) is 11.3 Å². The summed E-state index contributed by atoms with van der Waals surface area (Å²) in [6, 6.07) is 2.00. The SMILES string of the molecule is Cc1cc(C(=O)CCl)c(C)n1C1(C)CCCCC1. The Morgan fingerprint density at radius 1 is 1.33 bits per heavy atom. The maximum atomic E-state index is 11.8. The Morgan fingerprint density at radius 3 is 2.50 bits per heavy atom. The summed E-state index contributed by atoms with van der Waals surface area (Å²) < 4.78 is 2.37. The predicted molar refractivity (Wildman–Crippen MR) is 75.7 cm³/mol. The fourth-order valence-corrected chi connectivity index (χ4v) is 3.63. The highest BCUT2D eigenvalue weighted by molar-refractivity contribution is 6.30. The van der Waals surface area contributed by atoms with Gasteiger partial charge in [-0.05, 0) is 39.7 Å². The molecule has 1 aliphatic carbocycles. The van der Waals surface area contributed by atoms with E-state index in [0.29, 0.717) is 0 Å². The number of halogens is 1. The van der Waals surface area contributed by atoms with Crippen LogP contribution < -0.4 is 0 Å². The number of aryl methyl sites for hydroxylation is 1. The summed E-state index contributed by atoms with van der Waals surface area (Å²) in [4.78, 5) is 11.8. The van der Waals surface area contributed by atoms with Crippen LogP contribution in [-0.2, 0) is 5.54 Å². The summed E-state index contributed by atoms with van der Waals surface area (Å²) in [6.45, 7) is 6.46. The number of nitrogens with zero attached hydrogens (tertiary/aromatic N) is 1. The van der Waals surface area contributed by atoms with E-state index in [-0.39, 0.29) is 17.2 Å². The topological polar surface area (TPSA) is 22.0 Å². The number of Topliss-reactive ketones (excluding diaryl/α,β-unsaturated/α-hetero) is 1. The Kier molecular flexibility index (Phi) is 3.86. The number of carbonyl (C=O) groups excluding carboxylic acids is 1. The largest absolute Gasteiger partial charge is 0.343 e. The van der Waals surface area contributed by atoms with Crippen LogP contribution in [0.25, 0.3) is 0 Å². The van der Waals surface area contributed by atoms with Crippen LogP contribution in [0.5, 0.6) is 0 Å². The molecular weight excluding hydrogens is 246 g/mol. The lowest BCUT2D eigenvalue weighted by atomic mass is 9.82. The minimum Gasteiger partial charge on any atom is -0.343 e. The molecule has 2 rings (SSSR count). The van der Waals surface area contributed by atoms with E-state index in [2.05, 4.69) is 18.4 Å². The normalized spacial score (nSPS) is 18.9. The van der Waals surface area contributed by atoms with Crippen molar-refractivity contribution in [2.75, 3.05) is 5.88 Å². The Morgan fingerprint density at radius 2 is 1.94 bits per heavy atom. The molecule has 0 bridgehead atoms. The molecule has 3 heteroatoms. The molecule has 0 aliphatic heterocycles. The standard InChI is InChI=1S/C15H22ClNO/c1-11-9-13(14(18)10-16)12(2)17(11)15(3)7-5-4-6-8-15/h9H,4-8,10H2,1-3H3. The molecule has 1 aromatic rings. The lowest BCUT2D eigenvalue weighted by molar-refractivity contribution is 0.102. The average molecular weight is 268 g/mol. The molecule has 1 heterocycles. The van der Waals surface area contributed by atoms with Crippen molar-refractivity contribution in [3.8, 4) is 0 Å². The second-order valence-electron chi connectivity index (χ2n) is 5.73. The van der Waals surface area contributed by atoms with Gasteiger partial charge in [-0.1, -0.05) is 19.3 Å². The van der Waals surface area contributed by atoms with Crippen LogP contribution in [0.4, 0.5) is 0 Å². The van der Waals surface area contributed by atoms with Gasteiger partial charge in [-0.25, -0.2) is 0 Å². The summed E-state index contributed by atoms with van der Waals surface area (Å²) in [5, 5.41) is 0. The molecule has 0 N–H and O–H groups in total. The van der Waals surface area contributed by atoms with Crippen LogP contribution in [0.1, 0.15) is 60.8 Å². The Labute approximate surface area is 114 Å². The molecule has 1 fully saturated rings. The molecule has 0 aromatic carbocycles. The second-order valence-corrected chi connectivity index (χ2v) is 6.00. The molecular formula is C15H22ClNO. The minimum absolute atomic E-state index is 0.0374. The number of ketones is 1. The first-order chi connectivity index (χ1) is 8.49. The lowest BCUT2D eigenvalue weighted by Crippen LogP contribution is -2.34. The molecule has 0 atom stereocenters. The molecule has 0 unspecified atom stereocenters. The Balaban J connectivity index is 2.44. The van der Waals surface area contributed by atoms with Crippen LogP contribution in [0.15, 0.2) is 6.07 Å². The first kappa shape index (κ1) is 13.7. The molecule has 100 valence electrons. The monoisotopic (exact) mass is 267 g/mol. The van der Waals surface area contributed by atoms with E-state index in [1.54, 1.807) is 0 Å². The fourth-order valence-electron chi connectivity index (χ4n) is 3.48. The van der Waals surface area contributed by atoms with Crippen molar-refractivity contribution >= 4 is 17.4 Å². The first-order valence-corrected chi connectivity index (χ1v) is 7.31. The van der Waals surface area contributed by atoms with E-state index < -0.39 is 0 Å². The van der Waals surface area contributed by atoms with Crippen LogP contribution in [0.3, 0.4) is 0 Å². The molecule has 18 heavy (non-hydrogen) atoms. The van der Waals surface area contributed by atoms with E-state index in [4.69, 9.17) is 11.6 Å². The van der Waals surface area contributed by atoms with Gasteiger partial charge in [-0.3, -0.25) is 4.79 Å². The third kappa shape index (κ3) is 2.23. The van der Waals surface area contributed by atoms with Gasteiger partial charge < -0.3 is 4.57 Å². The number of aromatic nitrogens is 1. The molecule has 2 nitrogen and oxygen atoms in total. The van der Waals surface area contributed by atoms with Crippen molar-refractivity contribution in [3.05, 3.63) is 23.0 Å². The van der Waals surface area contributed by atoms with Gasteiger partial charge >= 0.3 is 0 Å². The lowest BCUT2D eigenvalue weighted by Gasteiger charge is -2.38. The number of carbonyl (C=O) groups is 1. The molecule has 1 aromatic heterocycles. The molecule has 0 radical (unpaired) electrons. The van der Waals surface area contributed by atoms with Gasteiger partial charge in [0.05, 0.1) is 5.88 Å². The molecule has 1 saturated carbocycles. The van der Waals surface area contributed by atoms with E-state index in [9.17, 15) is 4.79 Å². The number of alkyl halides is 1. The number of hydrogen-bond donors (Lipinski definition) is 0. The maximum absolute atomic E-state index is 11.8. The highest BCUT2D eigenvalue weighted by atomic mass is 35.5. The predicted octanol–water partition coefficient (Wildman–Crippen LogP) is 4.21. The summed E-state index contributed by atoms with van der Waals surface area (Å²) in [5.41, 5.74) is 3.25. The molecule has 0 saturated heterocycles. The van der Waals surface area contributed by atoms with Gasteiger partial charge in [-0.15, -0.1) is 11.6 Å². The number of hydrogen-bond acceptors (Lipinski definition) is 1. The number of rotatable bonds is 3. The van der Waals surface area contributed by atoms with Crippen molar-refractivity contribution in [3.63, 3.8) is 0 Å². The highest BCUT2D eigenvalue weighted by Gasteiger charge is 2.32. The molecule has 0 spiro atoms. The van der Waals surface area contributed by atoms with Crippen LogP contribution >= 0.6 is 11.6 Å². The van der Waals surface area contributed by atoms with Crippen LogP contribution in [0.2, 0.25) is 0 Å². The summed E-state index contributed by atoms with van der Waals surface area (Å²) >= 11 is 5.68. The highest BCUT2D eigenvalue weighted by Crippen LogP contribution is 2.37. The zero-order valence-electron chi connectivity index (χ0n) is 11.6. The fraction of sp³-hybridized carbons (Fsp3) is 0.667. The first-order valence-electron chi connectivity index (χ1n) is 6.78. The second kappa shape index (κ2) is 5.08. The van der Waals surface area contributed by atoms with Crippen LogP contribution in [0, 0.1) is 13.8 Å². The van der Waals surface area contributed by atoms with Crippen molar-refractivity contribution in [2.45, 2.75) is 58.4 Å². The smallest absolute Gasteiger partial charge is 0.179 e. The van der Waals surface area contributed by atoms with E-state index in [1.807, 2.05) is 13.0 Å². The Bertz CT molecular complexity index is 455. The minimum atomic E-state index is 0.0374. The van der Waals surface area contributed by atoms with Crippen molar-refractivity contribution in [1.29, 1.82) is 0 Å². The van der Waals surface area contributed by atoms with Gasteiger partial charge in [0.15, 0.2) is 5.78 Å². The van der Waals surface area contributed by atoms with Gasteiger partial charge in [0, 0.05) is 22.5 Å². The summed E-state index contributed by atoms with van der Waals surface area (Å²) in [7, 11) is 0. The van der Waals surface area contributed by atoms with Crippen molar-refractivity contribution in [2.24, 2.45) is 0 Å². The Hall–Kier alpha value is -0.760. The van der Waals surface area contributed by atoms with Crippen LogP contribution in [-0.4, -0.2) is 16.2 Å². The van der Waals surface area contributed by atoms with Gasteiger partial charge in [0.2, 0.25) is 0 Å². The van der Waals surface area contributed by atoms with Crippen molar-refractivity contribution < 1.29 is 4.79 Å².